The van der Waals surface area contributed by atoms with Gasteiger partial charge in [0.1, 0.15) is 5.82 Å². The number of halogens is 1. The molecule has 0 fully saturated rings. The number of pyridine rings is 1. The van der Waals surface area contributed by atoms with Crippen molar-refractivity contribution >= 4 is 23.2 Å². The second-order valence-corrected chi connectivity index (χ2v) is 7.39. The van der Waals surface area contributed by atoms with E-state index in [4.69, 9.17) is 11.6 Å². The number of rotatable bonds is 6. The Hall–Kier alpha value is -2.99. The number of hydrogen-bond acceptors (Lipinski definition) is 5. The Balaban J connectivity index is 1.56. The second-order valence-electron chi connectivity index (χ2n) is 6.95. The lowest BCUT2D eigenvalue weighted by Gasteiger charge is -2.09. The smallest absolute Gasteiger partial charge is 0.223 e. The van der Waals surface area contributed by atoms with E-state index in [2.05, 4.69) is 45.4 Å². The summed E-state index contributed by atoms with van der Waals surface area (Å²) in [4.78, 5) is 8.85. The normalized spacial score (nSPS) is 11.3. The Kier molecular flexibility index (Phi) is 5.21. The summed E-state index contributed by atoms with van der Waals surface area (Å²) in [6.07, 6.45) is 5.41. The largest absolute Gasteiger partial charge is 0.352 e. The molecular formula is C21H21ClN6. The fraction of sp³-hybridized carbons (Fsp3) is 0.238. The Morgan fingerprint density at radius 2 is 1.96 bits per heavy atom. The highest BCUT2D eigenvalue weighted by molar-refractivity contribution is 6.30. The third-order valence-electron chi connectivity index (χ3n) is 4.38. The first kappa shape index (κ1) is 18.4. The standard InChI is InChI=1S/C21H21ClN6/c1-14(2)24-21-23-10-8-18(25-21)16-9-11-28-19(26-27-20(28)13-16)7-6-15-4-3-5-17(22)12-15/h3-5,8-14H,6-7H2,1-2H3,(H,23,24,25). The highest BCUT2D eigenvalue weighted by Crippen LogP contribution is 2.20. The molecule has 4 rings (SSSR count). The Morgan fingerprint density at radius 3 is 2.79 bits per heavy atom. The van der Waals surface area contributed by atoms with E-state index in [0.717, 1.165) is 40.6 Å². The zero-order chi connectivity index (χ0) is 19.5. The van der Waals surface area contributed by atoms with Crippen molar-refractivity contribution in [2.24, 2.45) is 0 Å². The monoisotopic (exact) mass is 392 g/mol. The Bertz CT molecular complexity index is 1100. The number of nitrogens with zero attached hydrogens (tertiary/aromatic N) is 5. The molecule has 3 heterocycles. The molecule has 7 heteroatoms. The van der Waals surface area contributed by atoms with Gasteiger partial charge in [-0.15, -0.1) is 10.2 Å². The zero-order valence-corrected chi connectivity index (χ0v) is 16.6. The molecular weight excluding hydrogens is 372 g/mol. The molecule has 0 saturated carbocycles. The van der Waals surface area contributed by atoms with Crippen molar-refractivity contribution in [1.29, 1.82) is 0 Å². The van der Waals surface area contributed by atoms with Crippen molar-refractivity contribution in [2.75, 3.05) is 5.32 Å². The van der Waals surface area contributed by atoms with Crippen LogP contribution in [0.2, 0.25) is 5.02 Å². The van der Waals surface area contributed by atoms with Gasteiger partial charge in [0.25, 0.3) is 0 Å². The predicted molar refractivity (Wildman–Crippen MR) is 112 cm³/mol. The maximum absolute atomic E-state index is 6.07. The highest BCUT2D eigenvalue weighted by atomic mass is 35.5. The van der Waals surface area contributed by atoms with E-state index in [1.807, 2.05) is 47.0 Å². The molecule has 0 unspecified atom stereocenters. The zero-order valence-electron chi connectivity index (χ0n) is 15.8. The number of benzene rings is 1. The summed E-state index contributed by atoms with van der Waals surface area (Å²) in [5, 5.41) is 12.7. The van der Waals surface area contributed by atoms with Crippen LogP contribution in [0, 0.1) is 0 Å². The number of fused-ring (bicyclic) bond motifs is 1. The third kappa shape index (κ3) is 4.12. The maximum atomic E-state index is 6.07. The second kappa shape index (κ2) is 7.94. The molecule has 4 aromatic rings. The van der Waals surface area contributed by atoms with Crippen molar-refractivity contribution in [3.05, 3.63) is 71.3 Å². The summed E-state index contributed by atoms with van der Waals surface area (Å²) in [7, 11) is 0. The lowest BCUT2D eigenvalue weighted by molar-refractivity contribution is 0.839. The first-order valence-corrected chi connectivity index (χ1v) is 9.64. The number of anilines is 1. The third-order valence-corrected chi connectivity index (χ3v) is 4.61. The predicted octanol–water partition coefficient (Wildman–Crippen LogP) is 4.45. The summed E-state index contributed by atoms with van der Waals surface area (Å²) in [6, 6.07) is 14.1. The van der Waals surface area contributed by atoms with E-state index in [1.54, 1.807) is 6.20 Å². The van der Waals surface area contributed by atoms with Gasteiger partial charge in [0.2, 0.25) is 5.95 Å². The molecule has 0 saturated heterocycles. The molecule has 0 aliphatic rings. The number of aromatic nitrogens is 5. The van der Waals surface area contributed by atoms with Crippen LogP contribution in [0.1, 0.15) is 25.2 Å². The van der Waals surface area contributed by atoms with Gasteiger partial charge in [0, 0.05) is 35.4 Å². The molecule has 142 valence electrons. The molecule has 0 amide bonds. The lowest BCUT2D eigenvalue weighted by Crippen LogP contribution is -2.12. The fourth-order valence-electron chi connectivity index (χ4n) is 3.07. The average molecular weight is 393 g/mol. The minimum Gasteiger partial charge on any atom is -0.352 e. The van der Waals surface area contributed by atoms with Gasteiger partial charge in [-0.2, -0.15) is 0 Å². The highest BCUT2D eigenvalue weighted by Gasteiger charge is 2.09. The van der Waals surface area contributed by atoms with Gasteiger partial charge in [-0.25, -0.2) is 9.97 Å². The molecule has 0 aliphatic carbocycles. The van der Waals surface area contributed by atoms with Crippen LogP contribution in [-0.4, -0.2) is 30.6 Å². The quantitative estimate of drug-likeness (QED) is 0.525. The SMILES string of the molecule is CC(C)Nc1nccc(-c2ccn3c(CCc4cccc(Cl)c4)nnc3c2)n1. The summed E-state index contributed by atoms with van der Waals surface area (Å²) < 4.78 is 2.02. The number of hydrogen-bond donors (Lipinski definition) is 1. The van der Waals surface area contributed by atoms with Crippen LogP contribution >= 0.6 is 11.6 Å². The van der Waals surface area contributed by atoms with Gasteiger partial charge < -0.3 is 5.32 Å². The molecule has 0 aliphatic heterocycles. The van der Waals surface area contributed by atoms with Crippen LogP contribution in [0.15, 0.2) is 54.9 Å². The van der Waals surface area contributed by atoms with E-state index in [9.17, 15) is 0 Å². The molecule has 0 bridgehead atoms. The van der Waals surface area contributed by atoms with Gasteiger partial charge in [-0.1, -0.05) is 23.7 Å². The van der Waals surface area contributed by atoms with Gasteiger partial charge in [0.15, 0.2) is 5.65 Å². The maximum Gasteiger partial charge on any atom is 0.223 e. The average Bonchev–Trinajstić information content (AvgIpc) is 3.08. The van der Waals surface area contributed by atoms with Crippen LogP contribution in [-0.2, 0) is 12.8 Å². The molecule has 6 nitrogen and oxygen atoms in total. The molecule has 0 radical (unpaired) electrons. The lowest BCUT2D eigenvalue weighted by atomic mass is 10.1. The summed E-state index contributed by atoms with van der Waals surface area (Å²) in [5.41, 5.74) is 3.82. The number of nitrogens with one attached hydrogen (secondary N) is 1. The molecule has 28 heavy (non-hydrogen) atoms. The van der Waals surface area contributed by atoms with Gasteiger partial charge in [-0.3, -0.25) is 4.40 Å². The first-order valence-electron chi connectivity index (χ1n) is 9.26. The van der Waals surface area contributed by atoms with Crippen molar-refractivity contribution in [3.63, 3.8) is 0 Å². The van der Waals surface area contributed by atoms with Crippen LogP contribution in [0.25, 0.3) is 16.9 Å². The minimum atomic E-state index is 0.274. The van der Waals surface area contributed by atoms with Crippen molar-refractivity contribution in [2.45, 2.75) is 32.7 Å². The van der Waals surface area contributed by atoms with E-state index in [0.29, 0.717) is 5.95 Å². The Morgan fingerprint density at radius 1 is 1.07 bits per heavy atom. The van der Waals surface area contributed by atoms with Crippen LogP contribution in [0.3, 0.4) is 0 Å². The minimum absolute atomic E-state index is 0.274. The van der Waals surface area contributed by atoms with E-state index >= 15 is 0 Å². The number of aryl methyl sites for hydroxylation is 2. The van der Waals surface area contributed by atoms with Crippen molar-refractivity contribution < 1.29 is 0 Å². The van der Waals surface area contributed by atoms with Crippen molar-refractivity contribution in [3.8, 4) is 11.3 Å². The topological polar surface area (TPSA) is 68.0 Å². The van der Waals surface area contributed by atoms with Crippen LogP contribution in [0.5, 0.6) is 0 Å². The Labute approximate surface area is 168 Å². The van der Waals surface area contributed by atoms with Crippen molar-refractivity contribution in [1.82, 2.24) is 24.6 Å². The molecule has 3 aromatic heterocycles. The van der Waals surface area contributed by atoms with Crippen LogP contribution in [0.4, 0.5) is 5.95 Å². The molecule has 1 aromatic carbocycles. The van der Waals surface area contributed by atoms with E-state index in [1.165, 1.54) is 5.56 Å². The summed E-state index contributed by atoms with van der Waals surface area (Å²) in [6.45, 7) is 4.12. The van der Waals surface area contributed by atoms with E-state index in [-0.39, 0.29) is 6.04 Å². The van der Waals surface area contributed by atoms with E-state index < -0.39 is 0 Å². The molecule has 0 atom stereocenters. The molecule has 0 spiro atoms. The van der Waals surface area contributed by atoms with Gasteiger partial charge in [-0.05, 0) is 56.2 Å². The fourth-order valence-corrected chi connectivity index (χ4v) is 3.28. The van der Waals surface area contributed by atoms with Crippen LogP contribution < -0.4 is 5.32 Å². The molecule has 1 N–H and O–H groups in total. The first-order chi connectivity index (χ1) is 13.6. The van der Waals surface area contributed by atoms with Gasteiger partial charge in [0.05, 0.1) is 5.69 Å². The summed E-state index contributed by atoms with van der Waals surface area (Å²) in [5.74, 6) is 1.54. The van der Waals surface area contributed by atoms with Gasteiger partial charge >= 0.3 is 0 Å². The summed E-state index contributed by atoms with van der Waals surface area (Å²) >= 11 is 6.07.